The highest BCUT2D eigenvalue weighted by molar-refractivity contribution is 6.92. The topological polar surface area (TPSA) is 83.1 Å². The standard InChI is InChI=1S/3C9H12O3.H3P/c3*1-10-7-4-8(11-2)6-9(5-7)12-3;/h3*4-6H,1-3H3;1H3. The van der Waals surface area contributed by atoms with Gasteiger partial charge in [-0.05, 0) is 0 Å². The van der Waals surface area contributed by atoms with Crippen molar-refractivity contribution in [1.29, 1.82) is 0 Å². The van der Waals surface area contributed by atoms with Gasteiger partial charge in [0.2, 0.25) is 0 Å². The third-order valence-corrected chi connectivity index (χ3v) is 4.68. The van der Waals surface area contributed by atoms with Gasteiger partial charge < -0.3 is 42.6 Å². The summed E-state index contributed by atoms with van der Waals surface area (Å²) in [7, 11) is 14.4. The van der Waals surface area contributed by atoms with E-state index in [1.807, 2.05) is 0 Å². The summed E-state index contributed by atoms with van der Waals surface area (Å²) in [5.41, 5.74) is 0. The molecule has 1 atom stereocenters. The summed E-state index contributed by atoms with van der Waals surface area (Å²) >= 11 is 0. The van der Waals surface area contributed by atoms with Gasteiger partial charge in [0.25, 0.3) is 0 Å². The largest absolute Gasteiger partial charge is 0.496 e. The Hall–Kier alpha value is -3.71. The summed E-state index contributed by atoms with van der Waals surface area (Å²) in [6.45, 7) is 0. The van der Waals surface area contributed by atoms with Crippen LogP contribution in [0.2, 0.25) is 0 Å². The number of benzene rings is 3. The lowest BCUT2D eigenvalue weighted by atomic mass is 10.3. The monoisotopic (exact) mass is 538 g/mol. The van der Waals surface area contributed by atoms with Gasteiger partial charge in [0.15, 0.2) is 0 Å². The van der Waals surface area contributed by atoms with Gasteiger partial charge in [0.05, 0.1) is 64.0 Å². The van der Waals surface area contributed by atoms with Crippen LogP contribution in [0.25, 0.3) is 0 Å². The SMILES string of the molecule is COc1cc(OC)cc(OC)c1.COc1cc(OC)cc(OC)c1.COc1cc(OC)cc(OC)c1.P. The highest BCUT2D eigenvalue weighted by atomic mass is 31.0. The Morgan fingerprint density at radius 2 is 0.324 bits per heavy atom. The van der Waals surface area contributed by atoms with Crippen LogP contribution in [-0.2, 0) is 0 Å². The fraction of sp³-hybridized carbons (Fsp3) is 0.333. The predicted molar refractivity (Wildman–Crippen MR) is 149 cm³/mol. The molecule has 206 valence electrons. The third-order valence-electron chi connectivity index (χ3n) is 4.68. The molecule has 0 amide bonds. The lowest BCUT2D eigenvalue weighted by Gasteiger charge is -2.06. The van der Waals surface area contributed by atoms with Gasteiger partial charge in [0.1, 0.15) is 51.7 Å². The zero-order valence-electron chi connectivity index (χ0n) is 23.1. The van der Waals surface area contributed by atoms with Crippen LogP contribution in [-0.4, -0.2) is 64.0 Å². The number of hydrogen-bond acceptors (Lipinski definition) is 9. The van der Waals surface area contributed by atoms with E-state index in [-0.39, 0.29) is 9.90 Å². The first kappa shape index (κ1) is 33.3. The lowest BCUT2D eigenvalue weighted by Crippen LogP contribution is -1.89. The van der Waals surface area contributed by atoms with Gasteiger partial charge in [-0.15, -0.1) is 0 Å². The molecule has 0 aliphatic carbocycles. The highest BCUT2D eigenvalue weighted by Gasteiger charge is 2.02. The molecule has 0 radical (unpaired) electrons. The van der Waals surface area contributed by atoms with Crippen LogP contribution in [0, 0.1) is 0 Å². The Morgan fingerprint density at radius 1 is 0.243 bits per heavy atom. The molecule has 0 spiro atoms. The zero-order valence-corrected chi connectivity index (χ0v) is 24.5. The van der Waals surface area contributed by atoms with Crippen molar-refractivity contribution >= 4 is 9.90 Å². The second-order valence-corrected chi connectivity index (χ2v) is 6.76. The molecular weight excluding hydrogens is 499 g/mol. The third kappa shape index (κ3) is 11.7. The summed E-state index contributed by atoms with van der Waals surface area (Å²) in [6.07, 6.45) is 0. The van der Waals surface area contributed by atoms with E-state index in [1.165, 1.54) is 0 Å². The zero-order chi connectivity index (χ0) is 26.9. The molecule has 3 aromatic carbocycles. The van der Waals surface area contributed by atoms with E-state index in [9.17, 15) is 0 Å². The molecule has 1 unspecified atom stereocenters. The smallest absolute Gasteiger partial charge is 0.126 e. The maximum Gasteiger partial charge on any atom is 0.126 e. The Morgan fingerprint density at radius 3 is 0.378 bits per heavy atom. The Labute approximate surface area is 223 Å². The first-order valence-electron chi connectivity index (χ1n) is 10.7. The van der Waals surface area contributed by atoms with Crippen molar-refractivity contribution in [3.63, 3.8) is 0 Å². The van der Waals surface area contributed by atoms with Crippen molar-refractivity contribution in [3.05, 3.63) is 54.6 Å². The molecule has 0 heterocycles. The molecule has 0 fully saturated rings. The van der Waals surface area contributed by atoms with Gasteiger partial charge >= 0.3 is 0 Å². The molecule has 3 aromatic rings. The molecule has 0 saturated heterocycles. The number of methoxy groups -OCH3 is 9. The molecule has 0 aromatic heterocycles. The molecule has 0 saturated carbocycles. The predicted octanol–water partition coefficient (Wildman–Crippen LogP) is 5.20. The molecule has 9 nitrogen and oxygen atoms in total. The highest BCUT2D eigenvalue weighted by Crippen LogP contribution is 2.28. The fourth-order valence-corrected chi connectivity index (χ4v) is 2.70. The van der Waals surface area contributed by atoms with E-state index in [2.05, 4.69) is 0 Å². The van der Waals surface area contributed by atoms with Crippen molar-refractivity contribution in [2.75, 3.05) is 64.0 Å². The quantitative estimate of drug-likeness (QED) is 0.342. The first-order chi connectivity index (χ1) is 17.4. The van der Waals surface area contributed by atoms with Gasteiger partial charge in [0, 0.05) is 54.6 Å². The Kier molecular flexibility index (Phi) is 16.7. The van der Waals surface area contributed by atoms with E-state index in [1.54, 1.807) is 119 Å². The minimum Gasteiger partial charge on any atom is -0.496 e. The maximum atomic E-state index is 5.04. The van der Waals surface area contributed by atoms with Gasteiger partial charge in [-0.2, -0.15) is 9.90 Å². The molecule has 0 aliphatic heterocycles. The van der Waals surface area contributed by atoms with Crippen LogP contribution in [0.5, 0.6) is 51.7 Å². The van der Waals surface area contributed by atoms with Gasteiger partial charge in [-0.1, -0.05) is 0 Å². The number of hydrogen-bond donors (Lipinski definition) is 0. The average Bonchev–Trinajstić information content (AvgIpc) is 2.96. The molecule has 0 N–H and O–H groups in total. The van der Waals surface area contributed by atoms with Crippen molar-refractivity contribution in [2.24, 2.45) is 0 Å². The van der Waals surface area contributed by atoms with Crippen LogP contribution in [0.15, 0.2) is 54.6 Å². The Balaban J connectivity index is 0.000000518. The molecule has 3 rings (SSSR count). The van der Waals surface area contributed by atoms with Crippen LogP contribution in [0.3, 0.4) is 0 Å². The first-order valence-corrected chi connectivity index (χ1v) is 10.7. The van der Waals surface area contributed by atoms with Gasteiger partial charge in [-0.3, -0.25) is 0 Å². The van der Waals surface area contributed by atoms with E-state index >= 15 is 0 Å². The summed E-state index contributed by atoms with van der Waals surface area (Å²) in [5.74, 6) is 6.55. The van der Waals surface area contributed by atoms with Crippen molar-refractivity contribution in [1.82, 2.24) is 0 Å². The van der Waals surface area contributed by atoms with E-state index in [0.29, 0.717) is 0 Å². The Bertz CT molecular complexity index is 747. The van der Waals surface area contributed by atoms with Crippen molar-refractivity contribution < 1.29 is 42.6 Å². The normalized spacial score (nSPS) is 9.00. The van der Waals surface area contributed by atoms with E-state index < -0.39 is 0 Å². The second-order valence-electron chi connectivity index (χ2n) is 6.76. The van der Waals surface area contributed by atoms with E-state index in [0.717, 1.165) is 51.7 Å². The van der Waals surface area contributed by atoms with Gasteiger partial charge in [-0.25, -0.2) is 0 Å². The molecule has 0 aliphatic rings. The fourth-order valence-electron chi connectivity index (χ4n) is 2.70. The maximum absolute atomic E-state index is 5.04. The number of rotatable bonds is 9. The minimum absolute atomic E-state index is 0. The molecule has 10 heteroatoms. The summed E-state index contributed by atoms with van der Waals surface area (Å²) in [5, 5.41) is 0. The van der Waals surface area contributed by atoms with Crippen LogP contribution in [0.1, 0.15) is 0 Å². The average molecular weight is 539 g/mol. The molecule has 37 heavy (non-hydrogen) atoms. The van der Waals surface area contributed by atoms with Crippen LogP contribution < -0.4 is 42.6 Å². The molecular formula is C27H39O9P. The van der Waals surface area contributed by atoms with E-state index in [4.69, 9.17) is 42.6 Å². The van der Waals surface area contributed by atoms with Crippen LogP contribution >= 0.6 is 9.90 Å². The van der Waals surface area contributed by atoms with Crippen molar-refractivity contribution in [3.8, 4) is 51.7 Å². The lowest BCUT2D eigenvalue weighted by molar-refractivity contribution is 0.375. The van der Waals surface area contributed by atoms with Crippen LogP contribution in [0.4, 0.5) is 0 Å². The molecule has 0 bridgehead atoms. The second kappa shape index (κ2) is 18.5. The summed E-state index contributed by atoms with van der Waals surface area (Å²) in [4.78, 5) is 0. The minimum atomic E-state index is 0. The number of ether oxygens (including phenoxy) is 9. The van der Waals surface area contributed by atoms with Crippen molar-refractivity contribution in [2.45, 2.75) is 0 Å². The summed E-state index contributed by atoms with van der Waals surface area (Å²) < 4.78 is 45.4. The summed E-state index contributed by atoms with van der Waals surface area (Å²) in [6, 6.07) is 16.1.